The van der Waals surface area contributed by atoms with Crippen molar-refractivity contribution in [1.82, 2.24) is 20.1 Å². The average Bonchev–Trinajstić information content (AvgIpc) is 3.41. The second-order valence-corrected chi connectivity index (χ2v) is 7.61. The van der Waals surface area contributed by atoms with Crippen molar-refractivity contribution >= 4 is 39.9 Å². The molecule has 148 valence electrons. The zero-order valence-corrected chi connectivity index (χ0v) is 16.4. The van der Waals surface area contributed by atoms with E-state index >= 15 is 0 Å². The molecule has 2 aromatic heterocycles. The van der Waals surface area contributed by atoms with Gasteiger partial charge in [0.25, 0.3) is 5.91 Å². The van der Waals surface area contributed by atoms with Gasteiger partial charge in [0.1, 0.15) is 5.69 Å². The van der Waals surface area contributed by atoms with Gasteiger partial charge in [0.05, 0.1) is 16.7 Å². The number of amides is 2. The van der Waals surface area contributed by atoms with Gasteiger partial charge in [-0.25, -0.2) is 9.78 Å². The van der Waals surface area contributed by atoms with Gasteiger partial charge in [0.15, 0.2) is 6.61 Å². The van der Waals surface area contributed by atoms with Crippen LogP contribution in [0.4, 0.5) is 10.5 Å². The summed E-state index contributed by atoms with van der Waals surface area (Å²) >= 11 is 1.47. The maximum atomic E-state index is 12.5. The van der Waals surface area contributed by atoms with Crippen molar-refractivity contribution in [3.05, 3.63) is 40.5 Å². The molecule has 2 amide bonds. The lowest BCUT2D eigenvalue weighted by Crippen LogP contribution is -2.38. The Labute approximate surface area is 171 Å². The van der Waals surface area contributed by atoms with Crippen LogP contribution >= 0.6 is 11.3 Å². The molecule has 0 aliphatic carbocycles. The molecular weight excluding hydrogens is 390 g/mol. The Morgan fingerprint density at radius 1 is 1.38 bits per heavy atom. The van der Waals surface area contributed by atoms with Crippen LogP contribution < -0.4 is 5.32 Å². The highest BCUT2D eigenvalue weighted by Gasteiger charge is 2.27. The van der Waals surface area contributed by atoms with E-state index < -0.39 is 0 Å². The second-order valence-electron chi connectivity index (χ2n) is 6.72. The smallest absolute Gasteiger partial charge is 0.410 e. The molecule has 0 bridgehead atoms. The van der Waals surface area contributed by atoms with Crippen LogP contribution in [-0.4, -0.2) is 51.8 Å². The van der Waals surface area contributed by atoms with Crippen molar-refractivity contribution in [2.75, 3.05) is 25.0 Å². The minimum atomic E-state index is -0.380. The monoisotopic (exact) mass is 409 g/mol. The predicted octanol–water partition coefficient (Wildman–Crippen LogP) is 3.22. The van der Waals surface area contributed by atoms with E-state index in [0.29, 0.717) is 24.5 Å². The fraction of sp³-hybridized carbons (Fsp3) is 0.300. The number of benzene rings is 1. The Morgan fingerprint density at radius 2 is 2.21 bits per heavy atom. The number of H-pyrrole nitrogens is 1. The van der Waals surface area contributed by atoms with Crippen LogP contribution in [0, 0.1) is 12.3 Å². The van der Waals surface area contributed by atoms with E-state index in [-0.39, 0.29) is 24.5 Å². The number of piperidine rings is 1. The number of terminal acetylenes is 1. The molecule has 2 N–H and O–H groups in total. The van der Waals surface area contributed by atoms with Crippen LogP contribution in [0.15, 0.2) is 29.8 Å². The lowest BCUT2D eigenvalue weighted by molar-refractivity contribution is 0.102. The number of fused-ring (bicyclic) bond motifs is 1. The van der Waals surface area contributed by atoms with Gasteiger partial charge in [0, 0.05) is 35.5 Å². The van der Waals surface area contributed by atoms with Crippen molar-refractivity contribution in [3.8, 4) is 12.3 Å². The summed E-state index contributed by atoms with van der Waals surface area (Å²) in [5.74, 6) is 2.26. The topological polar surface area (TPSA) is 100 Å². The van der Waals surface area contributed by atoms with Crippen molar-refractivity contribution in [1.29, 1.82) is 0 Å². The van der Waals surface area contributed by atoms with Crippen LogP contribution in [0.2, 0.25) is 0 Å². The van der Waals surface area contributed by atoms with Gasteiger partial charge in [-0.3, -0.25) is 9.89 Å². The first-order chi connectivity index (χ1) is 14.1. The molecule has 1 aliphatic heterocycles. The average molecular weight is 409 g/mol. The second kappa shape index (κ2) is 8.32. The van der Waals surface area contributed by atoms with E-state index in [0.717, 1.165) is 28.8 Å². The largest absolute Gasteiger partial charge is 0.436 e. The minimum absolute atomic E-state index is 0.0168. The van der Waals surface area contributed by atoms with Crippen LogP contribution in [0.5, 0.6) is 0 Å². The molecule has 1 aromatic carbocycles. The number of hydrogen-bond donors (Lipinski definition) is 2. The van der Waals surface area contributed by atoms with Gasteiger partial charge in [-0.15, -0.1) is 17.8 Å². The number of nitrogens with zero attached hydrogens (tertiary/aromatic N) is 3. The third-order valence-electron chi connectivity index (χ3n) is 4.84. The Hall–Kier alpha value is -3.38. The Balaban J connectivity index is 1.35. The molecule has 3 aromatic rings. The molecule has 1 saturated heterocycles. The number of aromatic nitrogens is 3. The number of nitrogens with one attached hydrogen (secondary N) is 2. The first-order valence-electron chi connectivity index (χ1n) is 9.19. The summed E-state index contributed by atoms with van der Waals surface area (Å²) in [6.45, 7) is 1.15. The number of thiazole rings is 1. The molecular formula is C20H19N5O3S. The quantitative estimate of drug-likeness (QED) is 0.645. The van der Waals surface area contributed by atoms with Crippen LogP contribution in [0.1, 0.15) is 34.3 Å². The van der Waals surface area contributed by atoms with Gasteiger partial charge < -0.3 is 15.0 Å². The number of carbonyl (C=O) groups is 2. The molecule has 29 heavy (non-hydrogen) atoms. The highest BCUT2D eigenvalue weighted by molar-refractivity contribution is 7.10. The predicted molar refractivity (Wildman–Crippen MR) is 110 cm³/mol. The Bertz CT molecular complexity index is 1080. The number of hydrogen-bond acceptors (Lipinski definition) is 6. The van der Waals surface area contributed by atoms with Crippen molar-refractivity contribution in [2.24, 2.45) is 0 Å². The zero-order valence-electron chi connectivity index (χ0n) is 15.6. The number of aromatic amines is 1. The van der Waals surface area contributed by atoms with Crippen LogP contribution in [-0.2, 0) is 4.74 Å². The van der Waals surface area contributed by atoms with Crippen LogP contribution in [0.25, 0.3) is 10.9 Å². The summed E-state index contributed by atoms with van der Waals surface area (Å²) in [6.07, 6.45) is 8.01. The number of carbonyl (C=O) groups excluding carboxylic acids is 2. The minimum Gasteiger partial charge on any atom is -0.436 e. The summed E-state index contributed by atoms with van der Waals surface area (Å²) in [6, 6.07) is 5.56. The molecule has 0 unspecified atom stereocenters. The van der Waals surface area contributed by atoms with Gasteiger partial charge in [-0.05, 0) is 31.0 Å². The first kappa shape index (κ1) is 19.0. The van der Waals surface area contributed by atoms with E-state index in [1.54, 1.807) is 16.5 Å². The molecule has 0 radical (unpaired) electrons. The van der Waals surface area contributed by atoms with Gasteiger partial charge in [-0.2, -0.15) is 5.10 Å². The molecule has 0 spiro atoms. The standard InChI is InChI=1S/C20H19N5O3S/c1-2-9-28-20(27)25-7-5-13(6-8-25)19-23-17(12-29-19)18(26)22-15-4-3-14-11-21-24-16(14)10-15/h1,3-4,10-13H,5-9H2,(H,21,24)(H,22,26). The molecule has 9 heteroatoms. The van der Waals surface area contributed by atoms with Gasteiger partial charge >= 0.3 is 6.09 Å². The zero-order chi connectivity index (χ0) is 20.2. The lowest BCUT2D eigenvalue weighted by Gasteiger charge is -2.30. The van der Waals surface area contributed by atoms with E-state index in [2.05, 4.69) is 26.4 Å². The number of likely N-dealkylation sites (tertiary alicyclic amines) is 1. The summed E-state index contributed by atoms with van der Waals surface area (Å²) < 4.78 is 4.96. The maximum Gasteiger partial charge on any atom is 0.410 e. The number of rotatable bonds is 4. The van der Waals surface area contributed by atoms with E-state index in [4.69, 9.17) is 11.2 Å². The van der Waals surface area contributed by atoms with Gasteiger partial charge in [-0.1, -0.05) is 5.92 Å². The van der Waals surface area contributed by atoms with Crippen LogP contribution in [0.3, 0.4) is 0 Å². The van der Waals surface area contributed by atoms with Gasteiger partial charge in [0.2, 0.25) is 0 Å². The molecule has 0 atom stereocenters. The summed E-state index contributed by atoms with van der Waals surface area (Å²) in [5, 5.41) is 13.4. The van der Waals surface area contributed by atoms with E-state index in [9.17, 15) is 9.59 Å². The highest BCUT2D eigenvalue weighted by atomic mass is 32.1. The number of ether oxygens (including phenoxy) is 1. The molecule has 3 heterocycles. The number of anilines is 1. The first-order valence-corrected chi connectivity index (χ1v) is 10.1. The summed E-state index contributed by atoms with van der Waals surface area (Å²) in [4.78, 5) is 30.6. The highest BCUT2D eigenvalue weighted by Crippen LogP contribution is 2.30. The summed E-state index contributed by atoms with van der Waals surface area (Å²) in [7, 11) is 0. The molecule has 8 nitrogen and oxygen atoms in total. The SMILES string of the molecule is C#CCOC(=O)N1CCC(c2nc(C(=O)Nc3ccc4cn[nH]c4c3)cs2)CC1. The normalized spacial score (nSPS) is 14.5. The Kier molecular flexibility index (Phi) is 5.44. The maximum absolute atomic E-state index is 12.5. The van der Waals surface area contributed by atoms with E-state index in [1.807, 2.05) is 18.2 Å². The molecule has 1 aliphatic rings. The molecule has 1 fully saturated rings. The van der Waals surface area contributed by atoms with Crippen molar-refractivity contribution in [3.63, 3.8) is 0 Å². The van der Waals surface area contributed by atoms with E-state index in [1.165, 1.54) is 11.3 Å². The molecule has 0 saturated carbocycles. The molecule has 4 rings (SSSR count). The van der Waals surface area contributed by atoms with Crippen molar-refractivity contribution in [2.45, 2.75) is 18.8 Å². The third-order valence-corrected chi connectivity index (χ3v) is 5.84. The van der Waals surface area contributed by atoms with Crippen molar-refractivity contribution < 1.29 is 14.3 Å². The fourth-order valence-electron chi connectivity index (χ4n) is 3.29. The third kappa shape index (κ3) is 4.22. The summed E-state index contributed by atoms with van der Waals surface area (Å²) in [5.41, 5.74) is 1.93. The lowest BCUT2D eigenvalue weighted by atomic mass is 9.98. The Morgan fingerprint density at radius 3 is 3.00 bits per heavy atom. The fourth-order valence-corrected chi connectivity index (χ4v) is 4.26.